The zero-order chi connectivity index (χ0) is 102. The van der Waals surface area contributed by atoms with Crippen LogP contribution >= 0.6 is 0 Å². The van der Waals surface area contributed by atoms with Gasteiger partial charge in [0.15, 0.2) is 28.4 Å². The van der Waals surface area contributed by atoms with E-state index in [1.165, 1.54) is 24.3 Å². The van der Waals surface area contributed by atoms with Gasteiger partial charge < -0.3 is 18.3 Å². The normalized spacial score (nSPS) is 11.2. The quantitative estimate of drug-likeness (QED) is 0.0878. The zero-order valence-electron chi connectivity index (χ0n) is 79.3. The summed E-state index contributed by atoms with van der Waals surface area (Å²) >= 11 is 0. The highest BCUT2D eigenvalue weighted by Crippen LogP contribution is 2.52. The number of nitrogens with zero attached hydrogens (tertiary/aromatic N) is 14. The molecule has 0 saturated heterocycles. The second kappa shape index (κ2) is 36.1. The maximum Gasteiger partial charge on any atom is 0.188 e. The molecule has 0 bridgehead atoms. The smallest absolute Gasteiger partial charge is 0.188 e. The molecular weight excluding hydrogens is 1840 g/mol. The first-order valence-electron chi connectivity index (χ1n) is 48.1. The summed E-state index contributed by atoms with van der Waals surface area (Å²) in [5.74, 6) is -0.601. The van der Waals surface area contributed by atoms with Gasteiger partial charge in [0, 0.05) is 44.3 Å². The van der Waals surface area contributed by atoms with Gasteiger partial charge in [-0.25, -0.2) is 33.0 Å². The first-order valence-corrected chi connectivity index (χ1v) is 48.1. The standard InChI is InChI=1S/C68H34N8.C66H34F2N6/c1-72-50-20-18-47(19-21-50)46-12-16-49(17-13-46)68-56-27-25-53(75-63-28-6-42(39-70)32-57(63)59-34-51(73-2)22-30-65(59)75)36-61(56)67(48-14-10-45(11-15-48)44-8-4-41(38-69)5-9-44)55-26-24-54(37-62(55)68)76-64-29-7-43(40-71)33-58(64)60-35-52(74-3)23-31-66(60)76;1-71-49-21-29-63-57(33-49)55-31-39(37-69)3-27-61(55)73(63)51-23-25-53-59(35-51)65(45-9-5-41(6-10-45)43-13-17-47(67)18-14-43)54-26-24-52(36-60(54)66(53)46-11-7-42(8-12-46)44-15-19-48(68)20-16-44)74-62-28-4-40(38-70)32-56(62)58-34-50(72-2)22-30-64(58)74/h4-37H;3-36H. The molecule has 0 spiro atoms. The van der Waals surface area contributed by atoms with Gasteiger partial charge in [-0.1, -0.05) is 206 Å². The van der Waals surface area contributed by atoms with Crippen LogP contribution < -0.4 is 0 Å². The monoisotopic (exact) mass is 1910 g/mol. The number of nitriles is 5. The highest BCUT2D eigenvalue weighted by molar-refractivity contribution is 6.26. The Morgan fingerprint density at radius 3 is 0.547 bits per heavy atom. The van der Waals surface area contributed by atoms with Gasteiger partial charge in [-0.15, -0.1) is 0 Å². The van der Waals surface area contributed by atoms with Gasteiger partial charge in [0.25, 0.3) is 0 Å². The van der Waals surface area contributed by atoms with E-state index in [1.54, 1.807) is 24.3 Å². The SMILES string of the molecule is [C-]#[N+]c1ccc(-c2ccc(-c3c4ccc(-n5c6ccc(C#N)cc6c6cc([N+]#[C-])ccc65)cc4c(-c4ccc(-c5ccc(C#N)cc5)cc4)c4ccc(-n5c6ccc(C#N)cc6c6cc([N+]#[C-])ccc65)cc34)cc2)cc1.[C-]#[N+]c1ccc2c(c1)c1cc(C#N)ccc1n2-c1ccc2c(-c3ccc(-c4ccc(F)cc4)cc3)c3cc(-n4c5ccc(C#N)cc5c5cc([N+]#[C-])ccc54)ccc3c(-c3ccc(-c4ccc(F)cc4)cc3)c2c1. The molecule has 150 heavy (non-hydrogen) atoms. The van der Waals surface area contributed by atoms with Gasteiger partial charge in [0.1, 0.15) is 11.6 Å². The molecular formula is C134H68F2N14. The van der Waals surface area contributed by atoms with Crippen LogP contribution in [0.5, 0.6) is 0 Å². The molecule has 0 atom stereocenters. The first-order chi connectivity index (χ1) is 73.6. The van der Waals surface area contributed by atoms with Crippen LogP contribution in [0.15, 0.2) is 413 Å². The van der Waals surface area contributed by atoms with Gasteiger partial charge >= 0.3 is 0 Å². The van der Waals surface area contributed by atoms with E-state index in [9.17, 15) is 35.1 Å². The van der Waals surface area contributed by atoms with E-state index in [0.29, 0.717) is 56.3 Å². The Labute approximate surface area is 857 Å². The minimum absolute atomic E-state index is 0.301. The molecule has 14 nitrogen and oxygen atoms in total. The number of hydrogen-bond donors (Lipinski definition) is 0. The number of fused-ring (bicyclic) bond motifs is 16. The molecule has 688 valence electrons. The fourth-order valence-corrected chi connectivity index (χ4v) is 22.0. The molecule has 0 aliphatic carbocycles. The van der Waals surface area contributed by atoms with Crippen LogP contribution in [0.25, 0.3) is 266 Å². The van der Waals surface area contributed by atoms with Crippen LogP contribution in [0.1, 0.15) is 27.8 Å². The molecule has 22 aromatic carbocycles. The van der Waals surface area contributed by atoms with Crippen LogP contribution in [0, 0.1) is 101 Å². The van der Waals surface area contributed by atoms with Gasteiger partial charge in [-0.05, 0) is 360 Å². The average Bonchev–Trinajstić information content (AvgIpc) is 1.10. The molecule has 26 rings (SSSR count). The summed E-state index contributed by atoms with van der Waals surface area (Å²) in [6, 6.07) is 146. The lowest BCUT2D eigenvalue weighted by Gasteiger charge is -2.21. The molecule has 0 unspecified atom stereocenters. The van der Waals surface area contributed by atoms with Crippen LogP contribution in [0.4, 0.5) is 37.2 Å². The van der Waals surface area contributed by atoms with Crippen molar-refractivity contribution in [3.8, 4) is 142 Å². The van der Waals surface area contributed by atoms with Gasteiger partial charge in [0.2, 0.25) is 0 Å². The summed E-state index contributed by atoms with van der Waals surface area (Å²) in [6.07, 6.45) is 0. The molecule has 0 aliphatic rings. The van der Waals surface area contributed by atoms with Crippen LogP contribution in [0.2, 0.25) is 0 Å². The van der Waals surface area contributed by atoms with Crippen molar-refractivity contribution >= 4 is 159 Å². The fraction of sp³-hybridized carbons (Fsp3) is 0. The topological polar surface area (TPSA) is 160 Å². The summed E-state index contributed by atoms with van der Waals surface area (Å²) in [5.41, 5.74) is 31.8. The van der Waals surface area contributed by atoms with Crippen molar-refractivity contribution in [2.45, 2.75) is 0 Å². The largest absolute Gasteiger partial charge is 0.309 e. The zero-order valence-corrected chi connectivity index (χ0v) is 79.3. The third kappa shape index (κ3) is 15.0. The minimum Gasteiger partial charge on any atom is -0.309 e. The lowest BCUT2D eigenvalue weighted by atomic mass is 9.85. The van der Waals surface area contributed by atoms with Crippen LogP contribution in [-0.4, -0.2) is 18.3 Å². The Kier molecular flexibility index (Phi) is 21.5. The van der Waals surface area contributed by atoms with Crippen LogP contribution in [-0.2, 0) is 0 Å². The van der Waals surface area contributed by atoms with Crippen LogP contribution in [0.3, 0.4) is 0 Å². The summed E-state index contributed by atoms with van der Waals surface area (Å²) in [7, 11) is 0. The molecule has 4 heterocycles. The maximum atomic E-state index is 14.1. The van der Waals surface area contributed by atoms with E-state index >= 15 is 0 Å². The fourth-order valence-electron chi connectivity index (χ4n) is 22.0. The molecule has 26 aromatic rings. The number of benzene rings is 22. The average molecular weight is 1910 g/mol. The minimum atomic E-state index is -0.301. The Hall–Kier alpha value is -22.2. The lowest BCUT2D eigenvalue weighted by Crippen LogP contribution is -1.98. The van der Waals surface area contributed by atoms with Gasteiger partial charge in [0.05, 0.1) is 135 Å². The van der Waals surface area contributed by atoms with E-state index in [2.05, 4.69) is 243 Å². The number of rotatable bonds is 12. The molecule has 0 saturated carbocycles. The van der Waals surface area contributed by atoms with Crippen molar-refractivity contribution in [2.24, 2.45) is 0 Å². The first kappa shape index (κ1) is 89.2. The Bertz CT molecular complexity index is 9920. The molecule has 16 heteroatoms. The molecule has 0 amide bonds. The second-order valence-corrected chi connectivity index (χ2v) is 37.1. The van der Waals surface area contributed by atoms with E-state index in [1.807, 2.05) is 194 Å². The van der Waals surface area contributed by atoms with Gasteiger partial charge in [-0.2, -0.15) is 26.3 Å². The van der Waals surface area contributed by atoms with Crippen molar-refractivity contribution in [1.82, 2.24) is 18.3 Å². The van der Waals surface area contributed by atoms with Crippen molar-refractivity contribution in [3.05, 3.63) is 509 Å². The Morgan fingerprint density at radius 2 is 0.333 bits per heavy atom. The number of hydrogen-bond acceptors (Lipinski definition) is 5. The highest BCUT2D eigenvalue weighted by atomic mass is 19.1. The molecule has 0 radical (unpaired) electrons. The molecule has 0 N–H and O–H groups in total. The molecule has 0 aliphatic heterocycles. The summed E-state index contributed by atoms with van der Waals surface area (Å²) < 4.78 is 37.0. The summed E-state index contributed by atoms with van der Waals surface area (Å²) in [4.78, 5) is 18.6. The predicted octanol–water partition coefficient (Wildman–Crippen LogP) is 36.1. The van der Waals surface area contributed by atoms with E-state index < -0.39 is 0 Å². The third-order valence-electron chi connectivity index (χ3n) is 29.0. The van der Waals surface area contributed by atoms with E-state index in [0.717, 1.165) is 242 Å². The predicted molar refractivity (Wildman–Crippen MR) is 599 cm³/mol. The lowest BCUT2D eigenvalue weighted by molar-refractivity contribution is 0.627. The third-order valence-corrected chi connectivity index (χ3v) is 29.0. The van der Waals surface area contributed by atoms with Crippen molar-refractivity contribution in [3.63, 3.8) is 0 Å². The molecule has 4 aromatic heterocycles. The summed E-state index contributed by atoms with van der Waals surface area (Å²) in [5, 5.41) is 64.5. The summed E-state index contributed by atoms with van der Waals surface area (Å²) in [6.45, 7) is 38.9. The number of halogens is 2. The molecule has 0 fully saturated rings. The number of aromatic nitrogens is 4. The van der Waals surface area contributed by atoms with Crippen molar-refractivity contribution < 1.29 is 8.78 Å². The van der Waals surface area contributed by atoms with E-state index in [-0.39, 0.29) is 11.6 Å². The Balaban J connectivity index is 0.000000155. The van der Waals surface area contributed by atoms with Crippen molar-refractivity contribution in [2.75, 3.05) is 0 Å². The van der Waals surface area contributed by atoms with Crippen molar-refractivity contribution in [1.29, 1.82) is 26.3 Å². The second-order valence-electron chi connectivity index (χ2n) is 37.1. The Morgan fingerprint density at radius 1 is 0.160 bits per heavy atom. The van der Waals surface area contributed by atoms with E-state index in [4.69, 9.17) is 32.9 Å². The highest BCUT2D eigenvalue weighted by Gasteiger charge is 2.28. The maximum absolute atomic E-state index is 14.1. The van der Waals surface area contributed by atoms with Gasteiger partial charge in [-0.3, -0.25) is 0 Å².